The zero-order chi connectivity index (χ0) is 23.3. The number of benzene rings is 2. The van der Waals surface area contributed by atoms with Crippen molar-refractivity contribution in [2.45, 2.75) is 19.5 Å². The van der Waals surface area contributed by atoms with E-state index in [9.17, 15) is 22.4 Å². The van der Waals surface area contributed by atoms with Gasteiger partial charge in [-0.2, -0.15) is 0 Å². The number of nitrogens with zero attached hydrogens (tertiary/aromatic N) is 2. The van der Waals surface area contributed by atoms with Crippen molar-refractivity contribution >= 4 is 55.1 Å². The van der Waals surface area contributed by atoms with Crippen LogP contribution in [-0.4, -0.2) is 51.0 Å². The highest BCUT2D eigenvalue weighted by Crippen LogP contribution is 2.25. The topological polar surface area (TPSA) is 86.8 Å². The molecule has 2 aromatic carbocycles. The molecule has 31 heavy (non-hydrogen) atoms. The highest BCUT2D eigenvalue weighted by molar-refractivity contribution is 9.10. The molecule has 2 rings (SSSR count). The van der Waals surface area contributed by atoms with Gasteiger partial charge in [0.05, 0.1) is 17.0 Å². The van der Waals surface area contributed by atoms with Gasteiger partial charge in [-0.05, 0) is 42.8 Å². The number of hydrogen-bond donors (Lipinski definition) is 1. The number of hydrogen-bond acceptors (Lipinski definition) is 4. The fourth-order valence-electron chi connectivity index (χ4n) is 2.88. The van der Waals surface area contributed by atoms with Crippen LogP contribution in [0.4, 0.5) is 10.1 Å². The summed E-state index contributed by atoms with van der Waals surface area (Å²) in [4.78, 5) is 26.7. The van der Waals surface area contributed by atoms with Crippen molar-refractivity contribution in [2.24, 2.45) is 0 Å². The number of amides is 2. The number of halogens is 3. The van der Waals surface area contributed by atoms with E-state index in [0.29, 0.717) is 0 Å². The Kier molecular flexibility index (Phi) is 8.44. The first kappa shape index (κ1) is 25.1. The maximum atomic E-state index is 13.5. The highest BCUT2D eigenvalue weighted by atomic mass is 79.9. The van der Waals surface area contributed by atoms with Gasteiger partial charge in [-0.15, -0.1) is 0 Å². The molecule has 0 aliphatic carbocycles. The van der Waals surface area contributed by atoms with Crippen LogP contribution in [0.3, 0.4) is 0 Å². The molecule has 2 amide bonds. The summed E-state index contributed by atoms with van der Waals surface area (Å²) in [5.41, 5.74) is 0.784. The van der Waals surface area contributed by atoms with Crippen LogP contribution >= 0.6 is 27.5 Å². The van der Waals surface area contributed by atoms with E-state index in [1.54, 1.807) is 25.1 Å². The Hall–Kier alpha value is -2.17. The van der Waals surface area contributed by atoms with Gasteiger partial charge in [0, 0.05) is 18.1 Å². The van der Waals surface area contributed by atoms with Crippen LogP contribution < -0.4 is 9.62 Å². The van der Waals surface area contributed by atoms with E-state index in [1.165, 1.54) is 18.0 Å². The molecule has 0 bridgehead atoms. The molecule has 0 aliphatic rings. The average Bonchev–Trinajstić information content (AvgIpc) is 2.70. The molecule has 0 saturated carbocycles. The molecular formula is C20H22BrClFN3O4S. The Bertz CT molecular complexity index is 1080. The summed E-state index contributed by atoms with van der Waals surface area (Å²) in [6.07, 6.45) is 0.929. The number of nitrogens with one attached hydrogen (secondary N) is 1. The van der Waals surface area contributed by atoms with Gasteiger partial charge in [-0.1, -0.05) is 39.7 Å². The van der Waals surface area contributed by atoms with E-state index >= 15 is 0 Å². The van der Waals surface area contributed by atoms with Crippen LogP contribution in [0.1, 0.15) is 12.5 Å². The van der Waals surface area contributed by atoms with Gasteiger partial charge in [0.1, 0.15) is 18.4 Å². The number of carbonyl (C=O) groups is 2. The summed E-state index contributed by atoms with van der Waals surface area (Å²) >= 11 is 9.16. The van der Waals surface area contributed by atoms with Crippen LogP contribution in [0.25, 0.3) is 0 Å². The fourth-order valence-corrected chi connectivity index (χ4v) is 4.34. The first-order valence-electron chi connectivity index (χ1n) is 9.12. The first-order valence-corrected chi connectivity index (χ1v) is 12.1. The Labute approximate surface area is 194 Å². The summed E-state index contributed by atoms with van der Waals surface area (Å²) in [6.45, 7) is 1.04. The molecule has 0 fully saturated rings. The number of likely N-dealkylation sites (N-methyl/N-ethyl adjacent to an activating group) is 1. The van der Waals surface area contributed by atoms with E-state index in [0.717, 1.165) is 32.7 Å². The van der Waals surface area contributed by atoms with Crippen molar-refractivity contribution in [1.29, 1.82) is 0 Å². The molecule has 0 saturated heterocycles. The highest BCUT2D eigenvalue weighted by Gasteiger charge is 2.30. The Morgan fingerprint density at radius 3 is 2.45 bits per heavy atom. The predicted molar refractivity (Wildman–Crippen MR) is 122 cm³/mol. The van der Waals surface area contributed by atoms with E-state index in [4.69, 9.17) is 11.6 Å². The Morgan fingerprint density at radius 1 is 1.23 bits per heavy atom. The molecule has 0 aromatic heterocycles. The van der Waals surface area contributed by atoms with Crippen molar-refractivity contribution in [1.82, 2.24) is 10.2 Å². The summed E-state index contributed by atoms with van der Waals surface area (Å²) in [5, 5.41) is 2.22. The maximum absolute atomic E-state index is 13.5. The van der Waals surface area contributed by atoms with Crippen LogP contribution in [-0.2, 0) is 26.2 Å². The fraction of sp³-hybridized carbons (Fsp3) is 0.300. The van der Waals surface area contributed by atoms with Gasteiger partial charge in [0.2, 0.25) is 21.8 Å². The van der Waals surface area contributed by atoms with Gasteiger partial charge in [0.25, 0.3) is 0 Å². The molecule has 1 unspecified atom stereocenters. The smallest absolute Gasteiger partial charge is 0.244 e. The van der Waals surface area contributed by atoms with Crippen molar-refractivity contribution < 1.29 is 22.4 Å². The summed E-state index contributed by atoms with van der Waals surface area (Å²) in [6, 6.07) is 9.70. The van der Waals surface area contributed by atoms with Crippen LogP contribution in [0, 0.1) is 5.82 Å². The minimum Gasteiger partial charge on any atom is -0.357 e. The number of anilines is 1. The molecular weight excluding hydrogens is 513 g/mol. The van der Waals surface area contributed by atoms with Crippen LogP contribution in [0.2, 0.25) is 5.02 Å². The maximum Gasteiger partial charge on any atom is 0.244 e. The number of carbonyl (C=O) groups excluding carboxylic acids is 2. The molecule has 0 radical (unpaired) electrons. The second kappa shape index (κ2) is 10.4. The van der Waals surface area contributed by atoms with Crippen LogP contribution in [0.15, 0.2) is 46.9 Å². The Morgan fingerprint density at radius 2 is 1.90 bits per heavy atom. The van der Waals surface area contributed by atoms with E-state index < -0.39 is 40.2 Å². The zero-order valence-corrected chi connectivity index (χ0v) is 20.3. The molecule has 0 spiro atoms. The minimum atomic E-state index is -3.91. The third-order valence-corrected chi connectivity index (χ3v) is 6.45. The molecule has 0 heterocycles. The number of rotatable bonds is 8. The summed E-state index contributed by atoms with van der Waals surface area (Å²) in [7, 11) is -2.46. The van der Waals surface area contributed by atoms with Gasteiger partial charge < -0.3 is 10.2 Å². The normalized spacial score (nSPS) is 12.2. The Balaban J connectivity index is 2.40. The molecule has 1 N–H and O–H groups in total. The van der Waals surface area contributed by atoms with Gasteiger partial charge in [0.15, 0.2) is 0 Å². The lowest BCUT2D eigenvalue weighted by atomic mass is 10.1. The van der Waals surface area contributed by atoms with E-state index in [2.05, 4.69) is 21.2 Å². The van der Waals surface area contributed by atoms with Crippen molar-refractivity contribution in [2.75, 3.05) is 24.2 Å². The standard InChI is InChI=1S/C20H22BrClFN3O4S/c1-13(20(28)24-2)25(11-14-5-4-6-15(21)9-14)19(27)12-26(31(3,29)30)16-7-8-18(23)17(22)10-16/h4-10,13H,11-12H2,1-3H3,(H,24,28). The van der Waals surface area contributed by atoms with Crippen molar-refractivity contribution in [3.05, 3.63) is 63.3 Å². The minimum absolute atomic E-state index is 0.0391. The van der Waals surface area contributed by atoms with Crippen molar-refractivity contribution in [3.8, 4) is 0 Å². The molecule has 7 nitrogen and oxygen atoms in total. The lowest BCUT2D eigenvalue weighted by Gasteiger charge is -2.31. The second-order valence-electron chi connectivity index (χ2n) is 6.81. The predicted octanol–water partition coefficient (Wildman–Crippen LogP) is 3.17. The average molecular weight is 535 g/mol. The third kappa shape index (κ3) is 6.65. The molecule has 2 aromatic rings. The summed E-state index contributed by atoms with van der Waals surface area (Å²) < 4.78 is 39.9. The number of sulfonamides is 1. The second-order valence-corrected chi connectivity index (χ2v) is 10.0. The third-order valence-electron chi connectivity index (χ3n) is 4.53. The lowest BCUT2D eigenvalue weighted by molar-refractivity contribution is -0.139. The van der Waals surface area contributed by atoms with Gasteiger partial charge in [-0.25, -0.2) is 12.8 Å². The quantitative estimate of drug-likeness (QED) is 0.564. The van der Waals surface area contributed by atoms with E-state index in [-0.39, 0.29) is 17.3 Å². The van der Waals surface area contributed by atoms with E-state index in [1.807, 2.05) is 6.07 Å². The summed E-state index contributed by atoms with van der Waals surface area (Å²) in [5.74, 6) is -1.73. The molecule has 168 valence electrons. The molecule has 1 atom stereocenters. The first-order chi connectivity index (χ1) is 14.4. The monoisotopic (exact) mass is 533 g/mol. The van der Waals surface area contributed by atoms with Crippen molar-refractivity contribution in [3.63, 3.8) is 0 Å². The zero-order valence-electron chi connectivity index (χ0n) is 17.1. The van der Waals surface area contributed by atoms with Gasteiger partial charge in [-0.3, -0.25) is 13.9 Å². The molecule has 11 heteroatoms. The molecule has 0 aliphatic heterocycles. The lowest BCUT2D eigenvalue weighted by Crippen LogP contribution is -2.50. The van der Waals surface area contributed by atoms with Gasteiger partial charge >= 0.3 is 0 Å². The SMILES string of the molecule is CNC(=O)C(C)N(Cc1cccc(Br)c1)C(=O)CN(c1ccc(F)c(Cl)c1)S(C)(=O)=O. The van der Waals surface area contributed by atoms with Crippen LogP contribution in [0.5, 0.6) is 0 Å². The largest absolute Gasteiger partial charge is 0.357 e.